The molecule has 3 rings (SSSR count). The molecule has 1 heterocycles. The molecular formula is C19H19BrN2O2. The van der Waals surface area contributed by atoms with E-state index in [0.717, 1.165) is 32.5 Å². The molecule has 5 heteroatoms. The van der Waals surface area contributed by atoms with E-state index in [9.17, 15) is 0 Å². The van der Waals surface area contributed by atoms with Crippen LogP contribution in [-0.2, 0) is 17.9 Å². The zero-order valence-corrected chi connectivity index (χ0v) is 15.3. The fraction of sp³-hybridized carbons (Fsp3) is 0.211. The van der Waals surface area contributed by atoms with Crippen LogP contribution in [-0.4, -0.2) is 19.2 Å². The lowest BCUT2D eigenvalue weighted by Crippen LogP contribution is -2.04. The van der Waals surface area contributed by atoms with E-state index in [2.05, 4.69) is 32.3 Å². The molecule has 0 fully saturated rings. The summed E-state index contributed by atoms with van der Waals surface area (Å²) in [5.74, 6) is 0.759. The Hall–Kier alpha value is -2.11. The fourth-order valence-corrected chi connectivity index (χ4v) is 3.07. The minimum absolute atomic E-state index is 0.456. The Balaban J connectivity index is 2.00. The van der Waals surface area contributed by atoms with Crippen LogP contribution >= 0.6 is 15.9 Å². The van der Waals surface area contributed by atoms with E-state index in [1.807, 2.05) is 42.5 Å². The van der Waals surface area contributed by atoms with Gasteiger partial charge in [-0.2, -0.15) is 0 Å². The number of pyridine rings is 1. The molecule has 0 atom stereocenters. The van der Waals surface area contributed by atoms with Gasteiger partial charge in [0.05, 0.1) is 19.4 Å². The Kier molecular flexibility index (Phi) is 5.33. The monoisotopic (exact) mass is 386 g/mol. The molecule has 0 aliphatic heterocycles. The number of benzene rings is 2. The van der Waals surface area contributed by atoms with Crippen LogP contribution in [0.3, 0.4) is 0 Å². The van der Waals surface area contributed by atoms with Crippen LogP contribution in [0.5, 0.6) is 5.75 Å². The zero-order chi connectivity index (χ0) is 16.9. The topological polar surface area (TPSA) is 43.4 Å². The predicted octanol–water partition coefficient (Wildman–Crippen LogP) is 4.76. The average Bonchev–Trinajstić information content (AvgIpc) is 2.60. The Bertz CT molecular complexity index is 852. The van der Waals surface area contributed by atoms with Gasteiger partial charge in [-0.05, 0) is 23.8 Å². The van der Waals surface area contributed by atoms with Gasteiger partial charge in [0.25, 0.3) is 0 Å². The number of fused-ring (bicyclic) bond motifs is 1. The number of anilines is 1. The minimum Gasteiger partial charge on any atom is -0.494 e. The van der Waals surface area contributed by atoms with E-state index in [0.29, 0.717) is 13.2 Å². The fourth-order valence-electron chi connectivity index (χ4n) is 2.64. The van der Waals surface area contributed by atoms with Crippen molar-refractivity contribution in [1.82, 2.24) is 4.98 Å². The van der Waals surface area contributed by atoms with Crippen LogP contribution in [0.2, 0.25) is 0 Å². The third-order valence-corrected chi connectivity index (χ3v) is 4.57. The van der Waals surface area contributed by atoms with Crippen molar-refractivity contribution < 1.29 is 9.47 Å². The SMILES string of the molecule is COCc1cc(NCc2ccccc2Br)c2cccc(OC)c2n1. The van der Waals surface area contributed by atoms with Gasteiger partial charge in [-0.3, -0.25) is 0 Å². The van der Waals surface area contributed by atoms with E-state index in [-0.39, 0.29) is 0 Å². The van der Waals surface area contributed by atoms with Crippen molar-refractivity contribution in [3.05, 3.63) is 64.3 Å². The normalized spacial score (nSPS) is 10.8. The third-order valence-electron chi connectivity index (χ3n) is 3.79. The summed E-state index contributed by atoms with van der Waals surface area (Å²) in [6.45, 7) is 1.17. The van der Waals surface area contributed by atoms with Crippen molar-refractivity contribution in [3.63, 3.8) is 0 Å². The van der Waals surface area contributed by atoms with E-state index < -0.39 is 0 Å². The van der Waals surface area contributed by atoms with Crippen molar-refractivity contribution in [2.45, 2.75) is 13.2 Å². The molecular weight excluding hydrogens is 368 g/mol. The number of ether oxygens (including phenoxy) is 2. The second kappa shape index (κ2) is 7.64. The molecule has 0 saturated heterocycles. The van der Waals surface area contributed by atoms with Gasteiger partial charge in [0.1, 0.15) is 11.3 Å². The van der Waals surface area contributed by atoms with E-state index in [1.165, 1.54) is 5.56 Å². The predicted molar refractivity (Wildman–Crippen MR) is 100 cm³/mol. The van der Waals surface area contributed by atoms with Gasteiger partial charge in [0, 0.05) is 29.2 Å². The van der Waals surface area contributed by atoms with Crippen LogP contribution in [0.15, 0.2) is 53.0 Å². The smallest absolute Gasteiger partial charge is 0.145 e. The summed E-state index contributed by atoms with van der Waals surface area (Å²) < 4.78 is 11.8. The molecule has 0 spiro atoms. The molecule has 0 bridgehead atoms. The molecule has 1 aromatic heterocycles. The molecule has 0 saturated carbocycles. The first-order valence-corrected chi connectivity index (χ1v) is 8.45. The first kappa shape index (κ1) is 16.7. The molecule has 0 amide bonds. The number of halogens is 1. The van der Waals surface area contributed by atoms with Crippen LogP contribution < -0.4 is 10.1 Å². The molecule has 0 aliphatic carbocycles. The average molecular weight is 387 g/mol. The van der Waals surface area contributed by atoms with Crippen molar-refractivity contribution in [3.8, 4) is 5.75 Å². The lowest BCUT2D eigenvalue weighted by Gasteiger charge is -2.14. The lowest BCUT2D eigenvalue weighted by molar-refractivity contribution is 0.182. The molecule has 1 N–H and O–H groups in total. The van der Waals surface area contributed by atoms with Gasteiger partial charge in [-0.25, -0.2) is 4.98 Å². The van der Waals surface area contributed by atoms with Gasteiger partial charge in [-0.15, -0.1) is 0 Å². The number of hydrogen-bond donors (Lipinski definition) is 1. The van der Waals surface area contributed by atoms with Crippen LogP contribution in [0.25, 0.3) is 10.9 Å². The number of methoxy groups -OCH3 is 2. The number of aromatic nitrogens is 1. The Morgan fingerprint density at radius 3 is 2.67 bits per heavy atom. The summed E-state index contributed by atoms with van der Waals surface area (Å²) in [4.78, 5) is 4.67. The molecule has 124 valence electrons. The summed E-state index contributed by atoms with van der Waals surface area (Å²) in [6, 6.07) is 16.2. The summed E-state index contributed by atoms with van der Waals surface area (Å²) >= 11 is 3.59. The number of nitrogens with one attached hydrogen (secondary N) is 1. The van der Waals surface area contributed by atoms with Crippen molar-refractivity contribution >= 4 is 32.5 Å². The molecule has 3 aromatic rings. The maximum absolute atomic E-state index is 5.46. The van der Waals surface area contributed by atoms with Gasteiger partial charge < -0.3 is 14.8 Å². The van der Waals surface area contributed by atoms with E-state index >= 15 is 0 Å². The maximum atomic E-state index is 5.46. The largest absolute Gasteiger partial charge is 0.494 e. The molecule has 4 nitrogen and oxygen atoms in total. The lowest BCUT2D eigenvalue weighted by atomic mass is 10.1. The van der Waals surface area contributed by atoms with Gasteiger partial charge in [0.15, 0.2) is 0 Å². The maximum Gasteiger partial charge on any atom is 0.145 e. The van der Waals surface area contributed by atoms with Gasteiger partial charge in [0.2, 0.25) is 0 Å². The molecule has 24 heavy (non-hydrogen) atoms. The third kappa shape index (κ3) is 3.52. The first-order chi connectivity index (χ1) is 11.7. The molecule has 2 aromatic carbocycles. The number of rotatable bonds is 6. The summed E-state index contributed by atoms with van der Waals surface area (Å²) in [5.41, 5.74) is 3.91. The second-order valence-electron chi connectivity index (χ2n) is 5.40. The number of nitrogens with zero attached hydrogens (tertiary/aromatic N) is 1. The van der Waals surface area contributed by atoms with E-state index in [1.54, 1.807) is 14.2 Å². The highest BCUT2D eigenvalue weighted by atomic mass is 79.9. The summed E-state index contributed by atoms with van der Waals surface area (Å²) in [5, 5.41) is 4.54. The van der Waals surface area contributed by atoms with Crippen molar-refractivity contribution in [2.75, 3.05) is 19.5 Å². The van der Waals surface area contributed by atoms with Gasteiger partial charge in [-0.1, -0.05) is 46.3 Å². The summed E-state index contributed by atoms with van der Waals surface area (Å²) in [7, 11) is 3.33. The molecule has 0 unspecified atom stereocenters. The highest BCUT2D eigenvalue weighted by molar-refractivity contribution is 9.10. The quantitative estimate of drug-likeness (QED) is 0.662. The highest BCUT2D eigenvalue weighted by Gasteiger charge is 2.10. The van der Waals surface area contributed by atoms with Crippen molar-refractivity contribution in [2.24, 2.45) is 0 Å². The Morgan fingerprint density at radius 2 is 1.92 bits per heavy atom. The zero-order valence-electron chi connectivity index (χ0n) is 13.7. The number of hydrogen-bond acceptors (Lipinski definition) is 4. The molecule has 0 aliphatic rings. The van der Waals surface area contributed by atoms with Crippen LogP contribution in [0.1, 0.15) is 11.3 Å². The number of para-hydroxylation sites is 1. The van der Waals surface area contributed by atoms with Gasteiger partial charge >= 0.3 is 0 Å². The summed E-state index contributed by atoms with van der Waals surface area (Å²) in [6.07, 6.45) is 0. The molecule has 0 radical (unpaired) electrons. The van der Waals surface area contributed by atoms with Crippen molar-refractivity contribution in [1.29, 1.82) is 0 Å². The van der Waals surface area contributed by atoms with Crippen LogP contribution in [0, 0.1) is 0 Å². The highest BCUT2D eigenvalue weighted by Crippen LogP contribution is 2.31. The van der Waals surface area contributed by atoms with E-state index in [4.69, 9.17) is 9.47 Å². The minimum atomic E-state index is 0.456. The Morgan fingerprint density at radius 1 is 1.08 bits per heavy atom. The first-order valence-electron chi connectivity index (χ1n) is 7.65. The Labute approximate surface area is 149 Å². The standard InChI is InChI=1S/C19H19BrN2O2/c1-23-12-14-10-17(21-11-13-6-3-4-8-16(13)20)15-7-5-9-18(24-2)19(15)22-14/h3-10H,11-12H2,1-2H3,(H,21,22). The van der Waals surface area contributed by atoms with Crippen LogP contribution in [0.4, 0.5) is 5.69 Å². The second-order valence-corrected chi connectivity index (χ2v) is 6.25.